The van der Waals surface area contributed by atoms with Crippen LogP contribution in [0.2, 0.25) is 5.02 Å². The van der Waals surface area contributed by atoms with E-state index in [1.165, 1.54) is 0 Å². The van der Waals surface area contributed by atoms with Crippen LogP contribution in [0, 0.1) is 17.2 Å². The van der Waals surface area contributed by atoms with Crippen LogP contribution >= 0.6 is 11.6 Å². The molecule has 0 aromatic heterocycles. The lowest BCUT2D eigenvalue weighted by atomic mass is 9.96. The summed E-state index contributed by atoms with van der Waals surface area (Å²) in [7, 11) is 0. The zero-order valence-electron chi connectivity index (χ0n) is 13.3. The molecule has 126 valence electrons. The zero-order chi connectivity index (χ0) is 17.8. The summed E-state index contributed by atoms with van der Waals surface area (Å²) in [6, 6.07) is 16.0. The third kappa shape index (κ3) is 3.98. The van der Waals surface area contributed by atoms with Gasteiger partial charge in [-0.1, -0.05) is 35.9 Å². The Hall–Kier alpha value is -2.84. The van der Waals surface area contributed by atoms with Crippen LogP contribution in [-0.2, 0) is 9.59 Å². The van der Waals surface area contributed by atoms with Gasteiger partial charge < -0.3 is 10.6 Å². The predicted molar refractivity (Wildman–Crippen MR) is 93.7 cm³/mol. The van der Waals surface area contributed by atoms with Crippen LogP contribution < -0.4 is 10.6 Å². The van der Waals surface area contributed by atoms with Crippen molar-refractivity contribution in [2.75, 3.05) is 6.54 Å². The number of carbonyl (C=O) groups is 2. The highest BCUT2D eigenvalue weighted by molar-refractivity contribution is 6.30. The Balaban J connectivity index is 1.93. The van der Waals surface area contributed by atoms with Crippen LogP contribution in [0.15, 0.2) is 48.5 Å². The van der Waals surface area contributed by atoms with Gasteiger partial charge in [-0.25, -0.2) is 0 Å². The van der Waals surface area contributed by atoms with E-state index in [2.05, 4.69) is 16.7 Å². The summed E-state index contributed by atoms with van der Waals surface area (Å²) in [4.78, 5) is 24.0. The molecular formula is C19H16ClN3O2. The van der Waals surface area contributed by atoms with Crippen molar-refractivity contribution >= 4 is 23.4 Å². The third-order valence-electron chi connectivity index (χ3n) is 4.17. The Labute approximate surface area is 150 Å². The average molecular weight is 354 g/mol. The first kappa shape index (κ1) is 17.0. The first-order chi connectivity index (χ1) is 12.1. The molecule has 2 unspecified atom stereocenters. The van der Waals surface area contributed by atoms with Crippen molar-refractivity contribution in [1.29, 1.82) is 5.26 Å². The van der Waals surface area contributed by atoms with Gasteiger partial charge in [-0.15, -0.1) is 0 Å². The fourth-order valence-corrected chi connectivity index (χ4v) is 3.08. The molecule has 1 saturated heterocycles. The van der Waals surface area contributed by atoms with Crippen LogP contribution in [0.25, 0.3) is 0 Å². The molecule has 0 aliphatic carbocycles. The van der Waals surface area contributed by atoms with Gasteiger partial charge in [-0.05, 0) is 35.4 Å². The maximum atomic E-state index is 12.6. The van der Waals surface area contributed by atoms with E-state index in [4.69, 9.17) is 16.9 Å². The second-order valence-electron chi connectivity index (χ2n) is 5.94. The highest BCUT2D eigenvalue weighted by Gasteiger charge is 2.30. The largest absolute Gasteiger partial charge is 0.355 e. The fraction of sp³-hybridized carbons (Fsp3) is 0.211. The van der Waals surface area contributed by atoms with E-state index >= 15 is 0 Å². The monoisotopic (exact) mass is 353 g/mol. The molecular weight excluding hydrogens is 338 g/mol. The molecule has 2 amide bonds. The minimum atomic E-state index is -0.449. The first-order valence-electron chi connectivity index (χ1n) is 7.89. The topological polar surface area (TPSA) is 82.0 Å². The lowest BCUT2D eigenvalue weighted by Gasteiger charge is -2.22. The number of carbonyl (C=O) groups excluding carboxylic acids is 2. The van der Waals surface area contributed by atoms with Crippen molar-refractivity contribution in [3.05, 3.63) is 70.2 Å². The lowest BCUT2D eigenvalue weighted by Crippen LogP contribution is -2.35. The van der Waals surface area contributed by atoms with Gasteiger partial charge in [-0.3, -0.25) is 9.59 Å². The quantitative estimate of drug-likeness (QED) is 0.886. The molecule has 1 aliphatic rings. The summed E-state index contributed by atoms with van der Waals surface area (Å²) in [5.74, 6) is -0.718. The zero-order valence-corrected chi connectivity index (χ0v) is 14.1. The van der Waals surface area contributed by atoms with Gasteiger partial charge in [0, 0.05) is 18.0 Å². The maximum Gasteiger partial charge on any atom is 0.226 e. The van der Waals surface area contributed by atoms with Gasteiger partial charge in [0.15, 0.2) is 0 Å². The van der Waals surface area contributed by atoms with Crippen LogP contribution in [0.1, 0.15) is 29.2 Å². The minimum absolute atomic E-state index is 0.120. The van der Waals surface area contributed by atoms with E-state index in [1.54, 1.807) is 30.3 Å². The Bertz CT molecular complexity index is 860. The van der Waals surface area contributed by atoms with Crippen molar-refractivity contribution in [1.82, 2.24) is 10.6 Å². The van der Waals surface area contributed by atoms with Gasteiger partial charge in [0.25, 0.3) is 0 Å². The first-order valence-corrected chi connectivity index (χ1v) is 8.27. The maximum absolute atomic E-state index is 12.6. The van der Waals surface area contributed by atoms with Crippen molar-refractivity contribution < 1.29 is 9.59 Å². The second kappa shape index (κ2) is 7.37. The Kier molecular flexibility index (Phi) is 5.01. The van der Waals surface area contributed by atoms with E-state index in [0.29, 0.717) is 17.1 Å². The van der Waals surface area contributed by atoms with E-state index in [9.17, 15) is 9.59 Å². The van der Waals surface area contributed by atoms with E-state index < -0.39 is 12.0 Å². The molecule has 1 heterocycles. The summed E-state index contributed by atoms with van der Waals surface area (Å²) in [6.45, 7) is 0.338. The van der Waals surface area contributed by atoms with Crippen LogP contribution in [0.3, 0.4) is 0 Å². The molecule has 6 heteroatoms. The predicted octanol–water partition coefficient (Wildman–Crippen LogP) is 2.55. The molecule has 2 aromatic rings. The van der Waals surface area contributed by atoms with E-state index in [0.717, 1.165) is 11.1 Å². The van der Waals surface area contributed by atoms with Crippen molar-refractivity contribution in [3.63, 3.8) is 0 Å². The van der Waals surface area contributed by atoms with Crippen molar-refractivity contribution in [2.45, 2.75) is 12.5 Å². The molecule has 2 N–H and O–H groups in total. The number of halogens is 1. The molecule has 2 atom stereocenters. The number of hydrogen-bond donors (Lipinski definition) is 2. The summed E-state index contributed by atoms with van der Waals surface area (Å²) in [5.41, 5.74) is 2.11. The number of nitrogens with zero attached hydrogens (tertiary/aromatic N) is 1. The molecule has 0 radical (unpaired) electrons. The summed E-state index contributed by atoms with van der Waals surface area (Å²) in [5, 5.41) is 15.4. The number of nitriles is 1. The van der Waals surface area contributed by atoms with Crippen LogP contribution in [0.5, 0.6) is 0 Å². The van der Waals surface area contributed by atoms with Crippen LogP contribution in [-0.4, -0.2) is 18.4 Å². The molecule has 1 aliphatic heterocycles. The number of benzene rings is 2. The van der Waals surface area contributed by atoms with E-state index in [1.807, 2.05) is 18.2 Å². The molecule has 5 nitrogen and oxygen atoms in total. The SMILES string of the molecule is N#Cc1cccc(C(NC(=O)C2CNC(=O)C2)c2cccc(Cl)c2)c1. The van der Waals surface area contributed by atoms with Gasteiger partial charge in [-0.2, -0.15) is 5.26 Å². The normalized spacial score (nSPS) is 17.4. The van der Waals surface area contributed by atoms with E-state index in [-0.39, 0.29) is 18.2 Å². The van der Waals surface area contributed by atoms with Crippen molar-refractivity contribution in [3.8, 4) is 6.07 Å². The molecule has 2 aromatic carbocycles. The highest BCUT2D eigenvalue weighted by atomic mass is 35.5. The molecule has 0 bridgehead atoms. The van der Waals surface area contributed by atoms with Gasteiger partial charge in [0.05, 0.1) is 23.6 Å². The summed E-state index contributed by atoms with van der Waals surface area (Å²) < 4.78 is 0. The summed E-state index contributed by atoms with van der Waals surface area (Å²) in [6.07, 6.45) is 0.187. The fourth-order valence-electron chi connectivity index (χ4n) is 2.88. The Morgan fingerprint density at radius 3 is 2.60 bits per heavy atom. The number of hydrogen-bond acceptors (Lipinski definition) is 3. The molecule has 0 saturated carbocycles. The molecule has 3 rings (SSSR count). The minimum Gasteiger partial charge on any atom is -0.355 e. The smallest absolute Gasteiger partial charge is 0.226 e. The second-order valence-corrected chi connectivity index (χ2v) is 6.38. The summed E-state index contributed by atoms with van der Waals surface area (Å²) >= 11 is 6.10. The Morgan fingerprint density at radius 1 is 1.24 bits per heavy atom. The van der Waals surface area contributed by atoms with Crippen LogP contribution in [0.4, 0.5) is 0 Å². The standard InChI is InChI=1S/C19H16ClN3O2/c20-16-6-2-5-14(8-16)18(13-4-1-3-12(7-13)10-21)23-19(25)15-9-17(24)22-11-15/h1-8,15,18H,9,11H2,(H,22,24)(H,23,25). The van der Waals surface area contributed by atoms with Crippen molar-refractivity contribution in [2.24, 2.45) is 5.92 Å². The lowest BCUT2D eigenvalue weighted by molar-refractivity contribution is -0.126. The molecule has 25 heavy (non-hydrogen) atoms. The average Bonchev–Trinajstić information content (AvgIpc) is 3.06. The number of amides is 2. The van der Waals surface area contributed by atoms with Gasteiger partial charge in [0.1, 0.15) is 0 Å². The van der Waals surface area contributed by atoms with Gasteiger partial charge in [0.2, 0.25) is 11.8 Å². The van der Waals surface area contributed by atoms with Gasteiger partial charge >= 0.3 is 0 Å². The number of rotatable bonds is 4. The number of nitrogens with one attached hydrogen (secondary N) is 2. The Morgan fingerprint density at radius 2 is 1.96 bits per heavy atom. The molecule has 0 spiro atoms. The molecule has 1 fully saturated rings. The highest BCUT2D eigenvalue weighted by Crippen LogP contribution is 2.26. The third-order valence-corrected chi connectivity index (χ3v) is 4.40.